The molecule has 2 N–H and O–H groups in total. The summed E-state index contributed by atoms with van der Waals surface area (Å²) in [5, 5.41) is 5.30. The van der Waals surface area contributed by atoms with Crippen molar-refractivity contribution in [1.82, 2.24) is 15.3 Å². The summed E-state index contributed by atoms with van der Waals surface area (Å²) in [7, 11) is 0. The molecular weight excluding hydrogens is 247 g/mol. The van der Waals surface area contributed by atoms with Gasteiger partial charge in [-0.1, -0.05) is 0 Å². The fourth-order valence-corrected chi connectivity index (χ4v) is 1.49. The van der Waals surface area contributed by atoms with E-state index in [9.17, 15) is 9.18 Å². The van der Waals surface area contributed by atoms with E-state index in [0.717, 1.165) is 5.56 Å². The number of carbonyl (C=O) groups excluding carboxylic acids is 1. The minimum atomic E-state index is -0.338. The Hall–Kier alpha value is -2.50. The standard InChI is InChI=1S/C13H13FN4O/c14-11-1-3-12(4-2-11)18-13(19)17-6-5-10-7-15-9-16-8-10/h1-4,7-9H,5-6H2,(H2,17,18,19). The second-order valence-electron chi connectivity index (χ2n) is 3.88. The molecule has 6 heteroatoms. The van der Waals surface area contributed by atoms with Gasteiger partial charge in [0.1, 0.15) is 12.1 Å². The molecule has 0 aliphatic rings. The molecule has 1 aromatic carbocycles. The predicted octanol–water partition coefficient (Wildman–Crippen LogP) is 1.98. The first-order valence-corrected chi connectivity index (χ1v) is 5.78. The number of hydrogen-bond acceptors (Lipinski definition) is 3. The quantitative estimate of drug-likeness (QED) is 0.883. The Morgan fingerprint density at radius 1 is 1.16 bits per heavy atom. The molecule has 98 valence electrons. The largest absolute Gasteiger partial charge is 0.338 e. The van der Waals surface area contributed by atoms with Crippen LogP contribution >= 0.6 is 0 Å². The van der Waals surface area contributed by atoms with Gasteiger partial charge in [-0.15, -0.1) is 0 Å². The lowest BCUT2D eigenvalue weighted by Crippen LogP contribution is -2.30. The molecule has 0 saturated carbocycles. The molecule has 0 saturated heterocycles. The molecule has 1 aromatic heterocycles. The van der Waals surface area contributed by atoms with Crippen LogP contribution in [0, 0.1) is 5.82 Å². The maximum atomic E-state index is 12.7. The molecule has 1 heterocycles. The summed E-state index contributed by atoms with van der Waals surface area (Å²) in [6, 6.07) is 5.25. The minimum Gasteiger partial charge on any atom is -0.338 e. The highest BCUT2D eigenvalue weighted by atomic mass is 19.1. The molecule has 2 rings (SSSR count). The average Bonchev–Trinajstić information content (AvgIpc) is 2.43. The van der Waals surface area contributed by atoms with E-state index in [1.807, 2.05) is 0 Å². The summed E-state index contributed by atoms with van der Waals surface area (Å²) < 4.78 is 12.7. The summed E-state index contributed by atoms with van der Waals surface area (Å²) in [6.45, 7) is 0.473. The Bertz CT molecular complexity index is 530. The van der Waals surface area contributed by atoms with Crippen molar-refractivity contribution in [2.45, 2.75) is 6.42 Å². The zero-order valence-corrected chi connectivity index (χ0v) is 10.1. The topological polar surface area (TPSA) is 66.9 Å². The van der Waals surface area contributed by atoms with Crippen molar-refractivity contribution in [2.75, 3.05) is 11.9 Å². The van der Waals surface area contributed by atoms with Crippen molar-refractivity contribution in [3.8, 4) is 0 Å². The monoisotopic (exact) mass is 260 g/mol. The van der Waals surface area contributed by atoms with Gasteiger partial charge in [0.25, 0.3) is 0 Å². The van der Waals surface area contributed by atoms with Gasteiger partial charge in [0.2, 0.25) is 0 Å². The maximum Gasteiger partial charge on any atom is 0.319 e. The first kappa shape index (κ1) is 12.9. The van der Waals surface area contributed by atoms with Gasteiger partial charge in [0.15, 0.2) is 0 Å². The van der Waals surface area contributed by atoms with Gasteiger partial charge < -0.3 is 10.6 Å². The van der Waals surface area contributed by atoms with Crippen LogP contribution in [0.3, 0.4) is 0 Å². The van der Waals surface area contributed by atoms with Gasteiger partial charge in [0, 0.05) is 24.6 Å². The molecule has 0 unspecified atom stereocenters. The maximum absolute atomic E-state index is 12.7. The van der Waals surface area contributed by atoms with Crippen molar-refractivity contribution >= 4 is 11.7 Å². The molecule has 0 bridgehead atoms. The fourth-order valence-electron chi connectivity index (χ4n) is 1.49. The highest BCUT2D eigenvalue weighted by molar-refractivity contribution is 5.89. The zero-order chi connectivity index (χ0) is 13.5. The number of amides is 2. The van der Waals surface area contributed by atoms with Gasteiger partial charge in [-0.25, -0.2) is 19.2 Å². The molecule has 0 aliphatic heterocycles. The van der Waals surface area contributed by atoms with Gasteiger partial charge in [-0.2, -0.15) is 0 Å². The van der Waals surface area contributed by atoms with Crippen molar-refractivity contribution in [3.05, 3.63) is 54.4 Å². The number of nitrogens with one attached hydrogen (secondary N) is 2. The highest BCUT2D eigenvalue weighted by Gasteiger charge is 2.01. The number of benzene rings is 1. The molecule has 0 radical (unpaired) electrons. The third-order valence-electron chi connectivity index (χ3n) is 2.42. The van der Waals surface area contributed by atoms with E-state index in [1.54, 1.807) is 12.4 Å². The summed E-state index contributed by atoms with van der Waals surface area (Å²) in [4.78, 5) is 19.3. The van der Waals surface area contributed by atoms with Gasteiger partial charge in [-0.3, -0.25) is 0 Å². The van der Waals surface area contributed by atoms with E-state index in [0.29, 0.717) is 18.7 Å². The summed E-state index contributed by atoms with van der Waals surface area (Å²) in [5.74, 6) is -0.338. The van der Waals surface area contributed by atoms with E-state index in [2.05, 4.69) is 20.6 Å². The van der Waals surface area contributed by atoms with Gasteiger partial charge in [-0.05, 0) is 36.2 Å². The number of carbonyl (C=O) groups is 1. The van der Waals surface area contributed by atoms with Crippen LogP contribution in [0.1, 0.15) is 5.56 Å². The van der Waals surface area contributed by atoms with Crippen LogP contribution in [-0.2, 0) is 6.42 Å². The number of rotatable bonds is 4. The lowest BCUT2D eigenvalue weighted by molar-refractivity contribution is 0.252. The molecular formula is C13H13FN4O. The SMILES string of the molecule is O=C(NCCc1cncnc1)Nc1ccc(F)cc1. The lowest BCUT2D eigenvalue weighted by Gasteiger charge is -2.07. The van der Waals surface area contributed by atoms with Crippen LogP contribution in [0.25, 0.3) is 0 Å². The van der Waals surface area contributed by atoms with Crippen molar-refractivity contribution in [3.63, 3.8) is 0 Å². The number of aromatic nitrogens is 2. The average molecular weight is 260 g/mol. The highest BCUT2D eigenvalue weighted by Crippen LogP contribution is 2.07. The van der Waals surface area contributed by atoms with Crippen molar-refractivity contribution in [2.24, 2.45) is 0 Å². The van der Waals surface area contributed by atoms with E-state index in [4.69, 9.17) is 0 Å². The molecule has 0 atom stereocenters. The fraction of sp³-hybridized carbons (Fsp3) is 0.154. The normalized spacial score (nSPS) is 9.95. The van der Waals surface area contributed by atoms with Crippen LogP contribution < -0.4 is 10.6 Å². The van der Waals surface area contributed by atoms with Crippen LogP contribution in [0.4, 0.5) is 14.9 Å². The molecule has 0 aliphatic carbocycles. The van der Waals surface area contributed by atoms with Crippen molar-refractivity contribution < 1.29 is 9.18 Å². The molecule has 19 heavy (non-hydrogen) atoms. The van der Waals surface area contributed by atoms with E-state index in [1.165, 1.54) is 30.6 Å². The lowest BCUT2D eigenvalue weighted by atomic mass is 10.2. The van der Waals surface area contributed by atoms with E-state index in [-0.39, 0.29) is 11.8 Å². The Morgan fingerprint density at radius 2 is 1.84 bits per heavy atom. The summed E-state index contributed by atoms with van der Waals surface area (Å²) >= 11 is 0. The van der Waals surface area contributed by atoms with E-state index >= 15 is 0 Å². The number of halogens is 1. The summed E-state index contributed by atoms with van der Waals surface area (Å²) in [6.07, 6.45) is 5.51. The molecule has 0 fully saturated rings. The van der Waals surface area contributed by atoms with Gasteiger partial charge in [0.05, 0.1) is 0 Å². The Labute approximate surface area is 109 Å². The molecule has 5 nitrogen and oxygen atoms in total. The number of nitrogens with zero attached hydrogens (tertiary/aromatic N) is 2. The van der Waals surface area contributed by atoms with Crippen LogP contribution in [0.15, 0.2) is 43.0 Å². The van der Waals surface area contributed by atoms with Crippen LogP contribution in [0.5, 0.6) is 0 Å². The van der Waals surface area contributed by atoms with Crippen molar-refractivity contribution in [1.29, 1.82) is 0 Å². The number of urea groups is 1. The van der Waals surface area contributed by atoms with Crippen LogP contribution in [0.2, 0.25) is 0 Å². The smallest absolute Gasteiger partial charge is 0.319 e. The predicted molar refractivity (Wildman–Crippen MR) is 69.2 cm³/mol. The number of anilines is 1. The van der Waals surface area contributed by atoms with Crippen LogP contribution in [-0.4, -0.2) is 22.5 Å². The third-order valence-corrected chi connectivity index (χ3v) is 2.42. The molecule has 2 aromatic rings. The second kappa shape index (κ2) is 6.44. The Balaban J connectivity index is 1.74. The first-order chi connectivity index (χ1) is 9.24. The Kier molecular flexibility index (Phi) is 4.39. The van der Waals surface area contributed by atoms with Gasteiger partial charge >= 0.3 is 6.03 Å². The summed E-state index contributed by atoms with van der Waals surface area (Å²) in [5.41, 5.74) is 1.49. The zero-order valence-electron chi connectivity index (χ0n) is 10.1. The first-order valence-electron chi connectivity index (χ1n) is 5.78. The molecule has 0 spiro atoms. The third kappa shape index (κ3) is 4.34. The Morgan fingerprint density at radius 3 is 2.53 bits per heavy atom. The second-order valence-corrected chi connectivity index (χ2v) is 3.88. The molecule has 2 amide bonds. The number of hydrogen-bond donors (Lipinski definition) is 2. The minimum absolute atomic E-state index is 0.330. The van der Waals surface area contributed by atoms with E-state index < -0.39 is 0 Å².